The highest BCUT2D eigenvalue weighted by atomic mass is 16.5. The molecule has 1 N–H and O–H groups in total. The second kappa shape index (κ2) is 8.95. The third-order valence-electron chi connectivity index (χ3n) is 3.38. The van der Waals surface area contributed by atoms with Crippen LogP contribution in [0.5, 0.6) is 5.75 Å². The van der Waals surface area contributed by atoms with Crippen LogP contribution in [0.2, 0.25) is 0 Å². The molecule has 1 fully saturated rings. The summed E-state index contributed by atoms with van der Waals surface area (Å²) in [4.78, 5) is 0. The van der Waals surface area contributed by atoms with Gasteiger partial charge in [-0.3, -0.25) is 0 Å². The molecule has 1 atom stereocenters. The molecular weight excluding hydrogens is 254 g/mol. The largest absolute Gasteiger partial charge is 0.491 e. The molecule has 0 saturated carbocycles. The lowest BCUT2D eigenvalue weighted by Crippen LogP contribution is -2.14. The molecule has 0 aliphatic carbocycles. The van der Waals surface area contributed by atoms with E-state index >= 15 is 0 Å². The van der Waals surface area contributed by atoms with Gasteiger partial charge in [-0.25, -0.2) is 0 Å². The minimum absolute atomic E-state index is 0.570. The number of ether oxygens (including phenoxy) is 3. The topological polar surface area (TPSA) is 39.7 Å². The van der Waals surface area contributed by atoms with E-state index in [9.17, 15) is 0 Å². The first-order valence-corrected chi connectivity index (χ1v) is 7.46. The van der Waals surface area contributed by atoms with E-state index in [-0.39, 0.29) is 0 Å². The maximum atomic E-state index is 5.65. The van der Waals surface area contributed by atoms with Gasteiger partial charge in [0, 0.05) is 19.1 Å². The second-order valence-corrected chi connectivity index (χ2v) is 5.08. The first-order valence-electron chi connectivity index (χ1n) is 7.46. The Morgan fingerprint density at radius 2 is 2.10 bits per heavy atom. The fourth-order valence-electron chi connectivity index (χ4n) is 2.16. The molecule has 2 rings (SSSR count). The molecule has 112 valence electrons. The third kappa shape index (κ3) is 5.49. The Bertz CT molecular complexity index is 360. The molecule has 1 aliphatic heterocycles. The van der Waals surface area contributed by atoms with Crippen molar-refractivity contribution in [3.8, 4) is 5.75 Å². The van der Waals surface area contributed by atoms with E-state index in [0.29, 0.717) is 19.1 Å². The van der Waals surface area contributed by atoms with Gasteiger partial charge in [0.25, 0.3) is 0 Å². The van der Waals surface area contributed by atoms with Crippen LogP contribution in [0.15, 0.2) is 24.3 Å². The number of hydrogen-bond donors (Lipinski definition) is 1. The van der Waals surface area contributed by atoms with Gasteiger partial charge in [-0.2, -0.15) is 0 Å². The average molecular weight is 279 g/mol. The summed E-state index contributed by atoms with van der Waals surface area (Å²) in [6.45, 7) is 7.73. The van der Waals surface area contributed by atoms with Gasteiger partial charge in [0.05, 0.1) is 19.8 Å². The minimum Gasteiger partial charge on any atom is -0.491 e. The Balaban J connectivity index is 1.56. The molecule has 1 aliphatic rings. The Labute approximate surface area is 121 Å². The fourth-order valence-corrected chi connectivity index (χ4v) is 2.16. The van der Waals surface area contributed by atoms with Crippen LogP contribution in [0.1, 0.15) is 18.9 Å². The Kier molecular flexibility index (Phi) is 6.84. The van der Waals surface area contributed by atoms with Crippen molar-refractivity contribution in [3.63, 3.8) is 0 Å². The fraction of sp³-hybridized carbons (Fsp3) is 0.625. The van der Waals surface area contributed by atoms with Gasteiger partial charge >= 0.3 is 0 Å². The molecule has 4 nitrogen and oxygen atoms in total. The molecule has 1 unspecified atom stereocenters. The Morgan fingerprint density at radius 1 is 1.25 bits per heavy atom. The monoisotopic (exact) mass is 279 g/mol. The van der Waals surface area contributed by atoms with E-state index in [4.69, 9.17) is 14.2 Å². The van der Waals surface area contributed by atoms with E-state index in [1.54, 1.807) is 0 Å². The molecule has 1 saturated heterocycles. The Hall–Kier alpha value is -1.10. The highest BCUT2D eigenvalue weighted by molar-refractivity contribution is 5.27. The van der Waals surface area contributed by atoms with Crippen molar-refractivity contribution >= 4 is 0 Å². The smallest absolute Gasteiger partial charge is 0.119 e. The molecule has 1 aromatic carbocycles. The molecule has 0 spiro atoms. The van der Waals surface area contributed by atoms with Crippen molar-refractivity contribution in [2.45, 2.75) is 19.9 Å². The van der Waals surface area contributed by atoms with Crippen LogP contribution in [-0.4, -0.2) is 39.6 Å². The van der Waals surface area contributed by atoms with Crippen molar-refractivity contribution in [2.75, 3.05) is 39.6 Å². The lowest BCUT2D eigenvalue weighted by Gasteiger charge is -2.10. The van der Waals surface area contributed by atoms with Gasteiger partial charge in [-0.05, 0) is 30.7 Å². The summed E-state index contributed by atoms with van der Waals surface area (Å²) in [5.41, 5.74) is 1.27. The molecule has 1 aromatic rings. The van der Waals surface area contributed by atoms with Crippen LogP contribution >= 0.6 is 0 Å². The highest BCUT2D eigenvalue weighted by Gasteiger charge is 2.15. The highest BCUT2D eigenvalue weighted by Crippen LogP contribution is 2.13. The van der Waals surface area contributed by atoms with Gasteiger partial charge in [0.2, 0.25) is 0 Å². The molecular formula is C16H25NO3. The molecule has 0 aromatic heterocycles. The number of nitrogens with one attached hydrogen (secondary N) is 1. The van der Waals surface area contributed by atoms with Crippen molar-refractivity contribution < 1.29 is 14.2 Å². The van der Waals surface area contributed by atoms with E-state index in [1.807, 2.05) is 12.1 Å². The van der Waals surface area contributed by atoms with Crippen molar-refractivity contribution in [1.29, 1.82) is 0 Å². The third-order valence-corrected chi connectivity index (χ3v) is 3.38. The van der Waals surface area contributed by atoms with Crippen LogP contribution in [0.25, 0.3) is 0 Å². The molecule has 0 amide bonds. The van der Waals surface area contributed by atoms with Gasteiger partial charge in [-0.15, -0.1) is 0 Å². The lowest BCUT2D eigenvalue weighted by molar-refractivity contribution is 0.0684. The summed E-state index contributed by atoms with van der Waals surface area (Å²) in [6, 6.07) is 8.21. The van der Waals surface area contributed by atoms with Crippen LogP contribution in [0.4, 0.5) is 0 Å². The van der Waals surface area contributed by atoms with E-state index in [2.05, 4.69) is 24.4 Å². The zero-order chi connectivity index (χ0) is 14.0. The van der Waals surface area contributed by atoms with Gasteiger partial charge in [0.15, 0.2) is 0 Å². The van der Waals surface area contributed by atoms with Gasteiger partial charge in [-0.1, -0.05) is 19.1 Å². The zero-order valence-electron chi connectivity index (χ0n) is 12.3. The summed E-state index contributed by atoms with van der Waals surface area (Å²) in [5.74, 6) is 1.47. The van der Waals surface area contributed by atoms with E-state index < -0.39 is 0 Å². The average Bonchev–Trinajstić information content (AvgIpc) is 2.99. The van der Waals surface area contributed by atoms with Crippen LogP contribution in [0, 0.1) is 5.92 Å². The quantitative estimate of drug-likeness (QED) is 0.704. The SMILES string of the molecule is CCNCc1ccc(OCCOCC2CCOC2)cc1. The van der Waals surface area contributed by atoms with Gasteiger partial charge < -0.3 is 19.5 Å². The van der Waals surface area contributed by atoms with Crippen molar-refractivity contribution in [3.05, 3.63) is 29.8 Å². The normalized spacial score (nSPS) is 18.4. The maximum Gasteiger partial charge on any atom is 0.119 e. The summed E-state index contributed by atoms with van der Waals surface area (Å²) >= 11 is 0. The van der Waals surface area contributed by atoms with Crippen LogP contribution in [0.3, 0.4) is 0 Å². The summed E-state index contributed by atoms with van der Waals surface area (Å²) in [5, 5.41) is 3.30. The van der Waals surface area contributed by atoms with Crippen molar-refractivity contribution in [2.24, 2.45) is 5.92 Å². The molecule has 0 radical (unpaired) electrons. The van der Waals surface area contributed by atoms with Crippen LogP contribution in [-0.2, 0) is 16.0 Å². The van der Waals surface area contributed by atoms with Gasteiger partial charge in [0.1, 0.15) is 12.4 Å². The molecule has 1 heterocycles. The first-order chi connectivity index (χ1) is 9.88. The standard InChI is InChI=1S/C16H25NO3/c1-2-17-11-14-3-5-16(6-4-14)20-10-9-19-13-15-7-8-18-12-15/h3-6,15,17H,2,7-13H2,1H3. The predicted molar refractivity (Wildman–Crippen MR) is 79.1 cm³/mol. The summed E-state index contributed by atoms with van der Waals surface area (Å²) in [7, 11) is 0. The summed E-state index contributed by atoms with van der Waals surface area (Å²) < 4.78 is 16.6. The zero-order valence-corrected chi connectivity index (χ0v) is 12.3. The van der Waals surface area contributed by atoms with Crippen LogP contribution < -0.4 is 10.1 Å². The number of hydrogen-bond acceptors (Lipinski definition) is 4. The first kappa shape index (κ1) is 15.3. The van der Waals surface area contributed by atoms with E-state index in [0.717, 1.165) is 45.1 Å². The molecule has 0 bridgehead atoms. The molecule has 20 heavy (non-hydrogen) atoms. The van der Waals surface area contributed by atoms with E-state index in [1.165, 1.54) is 5.56 Å². The summed E-state index contributed by atoms with van der Waals surface area (Å²) in [6.07, 6.45) is 1.12. The lowest BCUT2D eigenvalue weighted by atomic mass is 10.1. The maximum absolute atomic E-state index is 5.65. The van der Waals surface area contributed by atoms with Crippen molar-refractivity contribution in [1.82, 2.24) is 5.32 Å². The second-order valence-electron chi connectivity index (χ2n) is 5.08. The number of benzene rings is 1. The minimum atomic E-state index is 0.570. The number of rotatable bonds is 9. The predicted octanol–water partition coefficient (Wildman–Crippen LogP) is 2.23. The molecule has 4 heteroatoms. The Morgan fingerprint density at radius 3 is 2.80 bits per heavy atom.